The van der Waals surface area contributed by atoms with Crippen LogP contribution in [0.25, 0.3) is 0 Å². The summed E-state index contributed by atoms with van der Waals surface area (Å²) in [7, 11) is 4.75. The van der Waals surface area contributed by atoms with Crippen molar-refractivity contribution in [1.82, 2.24) is 0 Å². The molecule has 2 amide bonds. The lowest BCUT2D eigenvalue weighted by Gasteiger charge is -2.29. The van der Waals surface area contributed by atoms with Crippen LogP contribution in [0.1, 0.15) is 11.6 Å². The Hall–Kier alpha value is -4.04. The Balaban J connectivity index is 1.54. The lowest BCUT2D eigenvalue weighted by atomic mass is 9.90. The summed E-state index contributed by atoms with van der Waals surface area (Å²) in [6, 6.07) is 21.1. The van der Waals surface area contributed by atoms with Gasteiger partial charge in [-0.3, -0.25) is 14.4 Å². The van der Waals surface area contributed by atoms with Crippen LogP contribution in [0.3, 0.4) is 0 Å². The fourth-order valence-electron chi connectivity index (χ4n) is 4.49. The second-order valence-electron chi connectivity index (χ2n) is 8.00. The molecule has 0 bridgehead atoms. The standard InChI is InChI=1S/C26H24N2O6/c1-31-19-10-4-16(5-11-19)23-22-24(34-28(23)18-8-14-21(33-3)15-9-18)26(30)27(25(22)29)17-6-12-20(32-2)13-7-17/h4-15,22-24H,1-3H3/t22-,23+,24-/m1/s1. The third-order valence-electron chi connectivity index (χ3n) is 6.23. The van der Waals surface area contributed by atoms with Crippen LogP contribution in [0, 0.1) is 5.92 Å². The maximum absolute atomic E-state index is 13.7. The largest absolute Gasteiger partial charge is 0.497 e. The minimum atomic E-state index is -0.941. The average Bonchev–Trinajstić information content (AvgIpc) is 3.40. The van der Waals surface area contributed by atoms with Gasteiger partial charge in [0, 0.05) is 0 Å². The number of carbonyl (C=O) groups is 2. The fraction of sp³-hybridized carbons (Fsp3) is 0.231. The van der Waals surface area contributed by atoms with Gasteiger partial charge in [0.1, 0.15) is 23.2 Å². The molecule has 5 rings (SSSR count). The molecule has 174 valence electrons. The van der Waals surface area contributed by atoms with Gasteiger partial charge in [-0.05, 0) is 66.2 Å². The Bertz CT molecular complexity index is 1190. The number of fused-ring (bicyclic) bond motifs is 1. The number of hydrogen-bond donors (Lipinski definition) is 0. The number of carbonyl (C=O) groups excluding carboxylic acids is 2. The molecule has 34 heavy (non-hydrogen) atoms. The first-order chi connectivity index (χ1) is 16.5. The number of methoxy groups -OCH3 is 3. The van der Waals surface area contributed by atoms with E-state index in [4.69, 9.17) is 19.0 Å². The molecule has 0 unspecified atom stereocenters. The smallest absolute Gasteiger partial charge is 0.266 e. The summed E-state index contributed by atoms with van der Waals surface area (Å²) in [5.74, 6) is 0.615. The normalized spacial score (nSPS) is 21.6. The molecule has 2 saturated heterocycles. The molecular weight excluding hydrogens is 436 g/mol. The van der Waals surface area contributed by atoms with Crippen LogP contribution >= 0.6 is 0 Å². The van der Waals surface area contributed by atoms with Crippen molar-refractivity contribution in [3.05, 3.63) is 78.4 Å². The maximum Gasteiger partial charge on any atom is 0.266 e. The molecule has 8 heteroatoms. The predicted octanol–water partition coefficient (Wildman–Crippen LogP) is 3.76. The summed E-state index contributed by atoms with van der Waals surface area (Å²) in [5.41, 5.74) is 2.03. The third-order valence-corrected chi connectivity index (χ3v) is 6.23. The average molecular weight is 460 g/mol. The topological polar surface area (TPSA) is 77.5 Å². The van der Waals surface area contributed by atoms with Crippen LogP contribution < -0.4 is 24.2 Å². The van der Waals surface area contributed by atoms with E-state index in [9.17, 15) is 9.59 Å². The number of hydrogen-bond acceptors (Lipinski definition) is 7. The Morgan fingerprint density at radius 3 is 1.62 bits per heavy atom. The maximum atomic E-state index is 13.7. The molecule has 2 aliphatic heterocycles. The number of imide groups is 1. The second kappa shape index (κ2) is 8.72. The summed E-state index contributed by atoms with van der Waals surface area (Å²) >= 11 is 0. The van der Waals surface area contributed by atoms with E-state index < -0.39 is 24.0 Å². The van der Waals surface area contributed by atoms with Gasteiger partial charge in [-0.25, -0.2) is 9.96 Å². The number of benzene rings is 3. The summed E-state index contributed by atoms with van der Waals surface area (Å²) in [4.78, 5) is 34.4. The summed E-state index contributed by atoms with van der Waals surface area (Å²) in [6.45, 7) is 0. The zero-order chi connectivity index (χ0) is 23.8. The van der Waals surface area contributed by atoms with E-state index in [0.29, 0.717) is 28.6 Å². The van der Waals surface area contributed by atoms with Crippen LogP contribution in [0.5, 0.6) is 17.2 Å². The SMILES string of the molecule is COc1ccc([C@H]2[C@H]3C(=O)N(c4ccc(OC)cc4)C(=O)[C@@H]3ON2c2ccc(OC)cc2)cc1. The molecule has 0 radical (unpaired) electrons. The van der Waals surface area contributed by atoms with Crippen molar-refractivity contribution in [2.75, 3.05) is 31.3 Å². The van der Waals surface area contributed by atoms with Crippen LogP contribution in [-0.2, 0) is 14.4 Å². The minimum Gasteiger partial charge on any atom is -0.497 e. The highest BCUT2D eigenvalue weighted by Crippen LogP contribution is 2.48. The zero-order valence-corrected chi connectivity index (χ0v) is 19.0. The highest BCUT2D eigenvalue weighted by molar-refractivity contribution is 6.23. The van der Waals surface area contributed by atoms with Gasteiger partial charge in [-0.15, -0.1) is 0 Å². The van der Waals surface area contributed by atoms with Gasteiger partial charge >= 0.3 is 0 Å². The molecule has 0 aromatic heterocycles. The van der Waals surface area contributed by atoms with Crippen molar-refractivity contribution < 1.29 is 28.6 Å². The number of amides is 2. The highest BCUT2D eigenvalue weighted by Gasteiger charge is 2.60. The Labute approximate surface area is 197 Å². The van der Waals surface area contributed by atoms with Crippen LogP contribution in [-0.4, -0.2) is 39.2 Å². The monoisotopic (exact) mass is 460 g/mol. The number of ether oxygens (including phenoxy) is 3. The van der Waals surface area contributed by atoms with E-state index in [1.807, 2.05) is 48.5 Å². The molecule has 3 atom stereocenters. The first kappa shape index (κ1) is 21.8. The Morgan fingerprint density at radius 1 is 0.647 bits per heavy atom. The fourth-order valence-corrected chi connectivity index (χ4v) is 4.49. The van der Waals surface area contributed by atoms with Gasteiger partial charge in [0.15, 0.2) is 6.10 Å². The number of hydroxylamine groups is 1. The van der Waals surface area contributed by atoms with E-state index >= 15 is 0 Å². The highest BCUT2D eigenvalue weighted by atomic mass is 16.7. The van der Waals surface area contributed by atoms with Crippen molar-refractivity contribution >= 4 is 23.2 Å². The minimum absolute atomic E-state index is 0.308. The zero-order valence-electron chi connectivity index (χ0n) is 19.0. The summed E-state index contributed by atoms with van der Waals surface area (Å²) in [5, 5.41) is 1.65. The molecule has 2 heterocycles. The van der Waals surface area contributed by atoms with Gasteiger partial charge in [0.05, 0.1) is 38.7 Å². The van der Waals surface area contributed by atoms with E-state index in [1.54, 1.807) is 50.7 Å². The van der Waals surface area contributed by atoms with E-state index in [1.165, 1.54) is 4.90 Å². The lowest BCUT2D eigenvalue weighted by molar-refractivity contribution is -0.126. The molecule has 3 aromatic rings. The number of nitrogens with zero attached hydrogens (tertiary/aromatic N) is 2. The molecule has 0 N–H and O–H groups in total. The molecular formula is C26H24N2O6. The summed E-state index contributed by atoms with van der Waals surface area (Å²) < 4.78 is 15.7. The number of rotatable bonds is 6. The third kappa shape index (κ3) is 3.52. The van der Waals surface area contributed by atoms with Crippen molar-refractivity contribution in [3.8, 4) is 17.2 Å². The Kier molecular flexibility index (Phi) is 5.59. The predicted molar refractivity (Wildman–Crippen MR) is 125 cm³/mol. The van der Waals surface area contributed by atoms with Crippen molar-refractivity contribution in [2.45, 2.75) is 12.1 Å². The van der Waals surface area contributed by atoms with Crippen molar-refractivity contribution in [1.29, 1.82) is 0 Å². The molecule has 0 aliphatic carbocycles. The quantitative estimate of drug-likeness (QED) is 0.519. The van der Waals surface area contributed by atoms with Gasteiger partial charge in [-0.2, -0.15) is 0 Å². The van der Waals surface area contributed by atoms with Gasteiger partial charge in [0.25, 0.3) is 5.91 Å². The molecule has 2 fully saturated rings. The van der Waals surface area contributed by atoms with Crippen LogP contribution in [0.2, 0.25) is 0 Å². The van der Waals surface area contributed by atoms with Gasteiger partial charge in [0.2, 0.25) is 5.91 Å². The lowest BCUT2D eigenvalue weighted by Crippen LogP contribution is -2.37. The van der Waals surface area contributed by atoms with Gasteiger partial charge in [-0.1, -0.05) is 12.1 Å². The van der Waals surface area contributed by atoms with Crippen molar-refractivity contribution in [3.63, 3.8) is 0 Å². The van der Waals surface area contributed by atoms with E-state index in [0.717, 1.165) is 5.56 Å². The molecule has 0 spiro atoms. The molecule has 2 aliphatic rings. The molecule has 0 saturated carbocycles. The Morgan fingerprint density at radius 2 is 1.12 bits per heavy atom. The van der Waals surface area contributed by atoms with Crippen molar-refractivity contribution in [2.24, 2.45) is 5.92 Å². The van der Waals surface area contributed by atoms with E-state index in [2.05, 4.69) is 0 Å². The van der Waals surface area contributed by atoms with Crippen LogP contribution in [0.4, 0.5) is 11.4 Å². The molecule has 8 nitrogen and oxygen atoms in total. The number of anilines is 2. The first-order valence-corrected chi connectivity index (χ1v) is 10.8. The van der Waals surface area contributed by atoms with Gasteiger partial charge < -0.3 is 14.2 Å². The first-order valence-electron chi connectivity index (χ1n) is 10.8. The van der Waals surface area contributed by atoms with E-state index in [-0.39, 0.29) is 5.91 Å². The van der Waals surface area contributed by atoms with Crippen LogP contribution in [0.15, 0.2) is 72.8 Å². The second-order valence-corrected chi connectivity index (χ2v) is 8.00. The summed E-state index contributed by atoms with van der Waals surface area (Å²) in [6.07, 6.45) is -0.941. The molecule has 3 aromatic carbocycles.